The molecular formula is C50H86O15. The highest BCUT2D eigenvalue weighted by molar-refractivity contribution is 5.70. The SMILES string of the molecule is CCCC/C=C\C/C=C\CCCCCCCC(=O)OCC(COC1OC(COC2OC(CO)C(O)C(O)C2O)C(O)C(O)C1O)OC(=O)CCCCCCC/C=C\C/C=C\CCCCC. The average molecular weight is 927 g/mol. The fraction of sp³-hybridized carbons (Fsp3) is 0.800. The first kappa shape index (κ1) is 58.6. The first-order valence-corrected chi connectivity index (χ1v) is 24.7. The van der Waals surface area contributed by atoms with Gasteiger partial charge in [-0.3, -0.25) is 9.59 Å². The van der Waals surface area contributed by atoms with Gasteiger partial charge in [0.05, 0.1) is 19.8 Å². The second-order valence-corrected chi connectivity index (χ2v) is 17.3. The zero-order valence-electron chi connectivity index (χ0n) is 39.5. The van der Waals surface area contributed by atoms with Crippen LogP contribution in [0.1, 0.15) is 162 Å². The number of esters is 2. The Morgan fingerprint density at radius 3 is 1.48 bits per heavy atom. The molecule has 0 aromatic heterocycles. The largest absolute Gasteiger partial charge is 0.462 e. The minimum absolute atomic E-state index is 0.144. The molecule has 376 valence electrons. The number of carbonyl (C=O) groups is 2. The summed E-state index contributed by atoms with van der Waals surface area (Å²) < 4.78 is 33.5. The fourth-order valence-electron chi connectivity index (χ4n) is 7.38. The number of unbranched alkanes of at least 4 members (excludes halogenated alkanes) is 15. The van der Waals surface area contributed by atoms with Crippen molar-refractivity contribution in [3.63, 3.8) is 0 Å². The molecular weight excluding hydrogens is 841 g/mol. The van der Waals surface area contributed by atoms with Crippen molar-refractivity contribution < 1.29 is 73.8 Å². The molecule has 0 spiro atoms. The van der Waals surface area contributed by atoms with Crippen LogP contribution in [0.2, 0.25) is 0 Å². The molecule has 0 saturated carbocycles. The number of hydrogen-bond acceptors (Lipinski definition) is 15. The number of aliphatic hydroxyl groups is 7. The van der Waals surface area contributed by atoms with Gasteiger partial charge in [-0.25, -0.2) is 0 Å². The molecule has 11 atom stereocenters. The molecule has 0 amide bonds. The summed E-state index contributed by atoms with van der Waals surface area (Å²) >= 11 is 0. The second kappa shape index (κ2) is 37.4. The summed E-state index contributed by atoms with van der Waals surface area (Å²) in [5, 5.41) is 72.0. The predicted molar refractivity (Wildman–Crippen MR) is 247 cm³/mol. The van der Waals surface area contributed by atoms with E-state index in [1.54, 1.807) is 0 Å². The molecule has 15 nitrogen and oxygen atoms in total. The maximum absolute atomic E-state index is 13.0. The molecule has 0 radical (unpaired) electrons. The molecule has 0 aromatic rings. The lowest BCUT2D eigenvalue weighted by molar-refractivity contribution is -0.332. The van der Waals surface area contributed by atoms with Gasteiger partial charge in [0.2, 0.25) is 0 Å². The molecule has 0 aromatic carbocycles. The highest BCUT2D eigenvalue weighted by Crippen LogP contribution is 2.26. The Morgan fingerprint density at radius 2 is 0.938 bits per heavy atom. The van der Waals surface area contributed by atoms with Gasteiger partial charge in [-0.2, -0.15) is 0 Å². The predicted octanol–water partition coefficient (Wildman–Crippen LogP) is 6.32. The van der Waals surface area contributed by atoms with E-state index >= 15 is 0 Å². The third-order valence-corrected chi connectivity index (χ3v) is 11.5. The fourth-order valence-corrected chi connectivity index (χ4v) is 7.38. The summed E-state index contributed by atoms with van der Waals surface area (Å²) in [7, 11) is 0. The van der Waals surface area contributed by atoms with Crippen molar-refractivity contribution >= 4 is 11.9 Å². The van der Waals surface area contributed by atoms with E-state index in [0.717, 1.165) is 89.9 Å². The van der Waals surface area contributed by atoms with E-state index in [1.807, 2.05) is 0 Å². The zero-order valence-corrected chi connectivity index (χ0v) is 39.5. The monoisotopic (exact) mass is 927 g/mol. The van der Waals surface area contributed by atoms with Crippen molar-refractivity contribution in [1.82, 2.24) is 0 Å². The van der Waals surface area contributed by atoms with E-state index in [0.29, 0.717) is 12.8 Å². The Morgan fingerprint density at radius 1 is 0.492 bits per heavy atom. The van der Waals surface area contributed by atoms with E-state index in [-0.39, 0.29) is 19.4 Å². The standard InChI is InChI=1S/C50H86O15/c1-3-5-7-9-11-13-15-17-19-21-23-25-27-29-31-33-42(53)63-38(35-60-41(52)32-30-28-26-24-22-20-18-16-14-12-10-8-6-4-2)36-61-49-48(59)46(57)44(55)40(65-49)37-62-50-47(58)45(56)43(54)39(34-51)64-50/h10-13,16-19,38-40,43-51,54-59H,3-9,14-15,20-37H2,1-2H3/b12-10-,13-11-,18-16-,19-17-. The minimum Gasteiger partial charge on any atom is -0.462 e. The van der Waals surface area contributed by atoms with Gasteiger partial charge in [0, 0.05) is 12.8 Å². The number of rotatable bonds is 37. The van der Waals surface area contributed by atoms with Crippen LogP contribution in [-0.4, -0.2) is 142 Å². The van der Waals surface area contributed by atoms with E-state index in [1.165, 1.54) is 32.1 Å². The van der Waals surface area contributed by atoms with Gasteiger partial charge in [0.15, 0.2) is 18.7 Å². The van der Waals surface area contributed by atoms with Gasteiger partial charge in [0.25, 0.3) is 0 Å². The maximum Gasteiger partial charge on any atom is 0.306 e. The van der Waals surface area contributed by atoms with Crippen LogP contribution >= 0.6 is 0 Å². The number of hydrogen-bond donors (Lipinski definition) is 7. The minimum atomic E-state index is -1.77. The third kappa shape index (κ3) is 26.0. The lowest BCUT2D eigenvalue weighted by Gasteiger charge is -2.42. The smallest absolute Gasteiger partial charge is 0.306 e. The highest BCUT2D eigenvalue weighted by atomic mass is 16.7. The first-order chi connectivity index (χ1) is 31.5. The second-order valence-electron chi connectivity index (χ2n) is 17.3. The summed E-state index contributed by atoms with van der Waals surface area (Å²) in [6.07, 6.45) is 22.8. The Balaban J connectivity index is 1.84. The Hall–Kier alpha value is -2.54. The van der Waals surface area contributed by atoms with Crippen molar-refractivity contribution in [3.8, 4) is 0 Å². The van der Waals surface area contributed by atoms with E-state index in [2.05, 4.69) is 62.5 Å². The van der Waals surface area contributed by atoms with E-state index < -0.39 is 99.3 Å². The topological polar surface area (TPSA) is 231 Å². The zero-order chi connectivity index (χ0) is 47.5. The van der Waals surface area contributed by atoms with Crippen LogP contribution in [0, 0.1) is 0 Å². The van der Waals surface area contributed by atoms with E-state index in [9.17, 15) is 45.3 Å². The van der Waals surface area contributed by atoms with E-state index in [4.69, 9.17) is 28.4 Å². The number of carbonyl (C=O) groups excluding carboxylic acids is 2. The highest BCUT2D eigenvalue weighted by Gasteiger charge is 2.47. The van der Waals surface area contributed by atoms with Crippen molar-refractivity contribution in [2.24, 2.45) is 0 Å². The van der Waals surface area contributed by atoms with Gasteiger partial charge in [0.1, 0.15) is 55.4 Å². The van der Waals surface area contributed by atoms with Crippen LogP contribution < -0.4 is 0 Å². The van der Waals surface area contributed by atoms with Gasteiger partial charge >= 0.3 is 11.9 Å². The normalized spacial score (nSPS) is 26.8. The van der Waals surface area contributed by atoms with Crippen LogP contribution in [0.15, 0.2) is 48.6 Å². The van der Waals surface area contributed by atoms with Gasteiger partial charge in [-0.05, 0) is 70.6 Å². The van der Waals surface area contributed by atoms with Crippen LogP contribution in [0.4, 0.5) is 0 Å². The van der Waals surface area contributed by atoms with Crippen LogP contribution in [-0.2, 0) is 38.0 Å². The van der Waals surface area contributed by atoms with Gasteiger partial charge < -0.3 is 64.2 Å². The van der Waals surface area contributed by atoms with Crippen LogP contribution in [0.25, 0.3) is 0 Å². The lowest BCUT2D eigenvalue weighted by atomic mass is 9.98. The molecule has 11 unspecified atom stereocenters. The molecule has 0 aliphatic carbocycles. The molecule has 7 N–H and O–H groups in total. The van der Waals surface area contributed by atoms with Gasteiger partial charge in [-0.15, -0.1) is 0 Å². The van der Waals surface area contributed by atoms with Crippen molar-refractivity contribution in [1.29, 1.82) is 0 Å². The molecule has 0 bridgehead atoms. The first-order valence-electron chi connectivity index (χ1n) is 24.7. The Kier molecular flexibility index (Phi) is 33.7. The molecule has 2 heterocycles. The van der Waals surface area contributed by atoms with Crippen molar-refractivity contribution in [2.45, 2.75) is 229 Å². The number of aliphatic hydroxyl groups excluding tert-OH is 7. The van der Waals surface area contributed by atoms with Crippen LogP contribution in [0.3, 0.4) is 0 Å². The third-order valence-electron chi connectivity index (χ3n) is 11.5. The molecule has 15 heteroatoms. The summed E-state index contributed by atoms with van der Waals surface area (Å²) in [5.41, 5.74) is 0. The van der Waals surface area contributed by atoms with Crippen molar-refractivity contribution in [3.05, 3.63) is 48.6 Å². The average Bonchev–Trinajstić information content (AvgIpc) is 3.30. The number of ether oxygens (including phenoxy) is 6. The Labute approximate surface area is 388 Å². The summed E-state index contributed by atoms with van der Waals surface area (Å²) in [4.78, 5) is 25.7. The molecule has 2 rings (SSSR count). The molecule has 2 aliphatic heterocycles. The summed E-state index contributed by atoms with van der Waals surface area (Å²) in [6.45, 7) is 2.48. The molecule has 2 fully saturated rings. The number of allylic oxidation sites excluding steroid dienone is 8. The quantitative estimate of drug-likeness (QED) is 0.0205. The summed E-state index contributed by atoms with van der Waals surface area (Å²) in [6, 6.07) is 0. The summed E-state index contributed by atoms with van der Waals surface area (Å²) in [5.74, 6) is -0.961. The molecule has 2 saturated heterocycles. The lowest BCUT2D eigenvalue weighted by Crippen LogP contribution is -2.61. The van der Waals surface area contributed by atoms with Crippen LogP contribution in [0.5, 0.6) is 0 Å². The molecule has 2 aliphatic rings. The van der Waals surface area contributed by atoms with Gasteiger partial charge in [-0.1, -0.05) is 127 Å². The van der Waals surface area contributed by atoms with Crippen molar-refractivity contribution in [2.75, 3.05) is 26.4 Å². The molecule has 65 heavy (non-hydrogen) atoms. The maximum atomic E-state index is 13.0. The Bertz CT molecular complexity index is 1320.